The first-order valence-corrected chi connectivity index (χ1v) is 10.6. The van der Waals surface area contributed by atoms with Crippen LogP contribution in [-0.2, 0) is 16.1 Å². The number of carbonyl (C=O) groups is 3. The highest BCUT2D eigenvalue weighted by molar-refractivity contribution is 6.04. The molecule has 0 heterocycles. The van der Waals surface area contributed by atoms with Gasteiger partial charge in [0.1, 0.15) is 11.5 Å². The van der Waals surface area contributed by atoms with Gasteiger partial charge in [0.25, 0.3) is 5.91 Å². The molecular weight excluding hydrogens is 420 g/mol. The predicted molar refractivity (Wildman–Crippen MR) is 125 cm³/mol. The summed E-state index contributed by atoms with van der Waals surface area (Å²) in [5, 5.41) is 5.70. The number of esters is 1. The standard InChI is InChI=1S/C26H26N2O5/c1-19(29)33-24-13-6-9-21(17-24)26(31)28-22-10-5-8-20(16-22)18-27-25(30)14-7-15-32-23-11-3-2-4-12-23/h2-6,8-13,16-17H,7,14-15,18H2,1H3,(H,27,30)(H,28,31). The van der Waals surface area contributed by atoms with E-state index in [9.17, 15) is 14.4 Å². The average molecular weight is 447 g/mol. The molecule has 0 aliphatic carbocycles. The topological polar surface area (TPSA) is 93.7 Å². The van der Waals surface area contributed by atoms with Gasteiger partial charge in [-0.3, -0.25) is 14.4 Å². The normalized spacial score (nSPS) is 10.2. The first-order valence-electron chi connectivity index (χ1n) is 10.6. The van der Waals surface area contributed by atoms with E-state index >= 15 is 0 Å². The van der Waals surface area contributed by atoms with Crippen LogP contribution in [0.4, 0.5) is 5.69 Å². The van der Waals surface area contributed by atoms with Crippen molar-refractivity contribution < 1.29 is 23.9 Å². The number of amides is 2. The van der Waals surface area contributed by atoms with Crippen molar-refractivity contribution in [1.29, 1.82) is 0 Å². The molecule has 0 aliphatic rings. The minimum absolute atomic E-state index is 0.0663. The van der Waals surface area contributed by atoms with E-state index in [4.69, 9.17) is 9.47 Å². The van der Waals surface area contributed by atoms with Gasteiger partial charge < -0.3 is 20.1 Å². The zero-order chi connectivity index (χ0) is 23.5. The lowest BCUT2D eigenvalue weighted by Crippen LogP contribution is -2.23. The molecule has 0 radical (unpaired) electrons. The van der Waals surface area contributed by atoms with Crippen molar-refractivity contribution in [3.63, 3.8) is 0 Å². The molecular formula is C26H26N2O5. The maximum atomic E-state index is 12.5. The van der Waals surface area contributed by atoms with Crippen LogP contribution in [0.2, 0.25) is 0 Å². The van der Waals surface area contributed by atoms with Crippen LogP contribution in [0.25, 0.3) is 0 Å². The van der Waals surface area contributed by atoms with Crippen LogP contribution in [-0.4, -0.2) is 24.4 Å². The van der Waals surface area contributed by atoms with Crippen molar-refractivity contribution in [2.75, 3.05) is 11.9 Å². The lowest BCUT2D eigenvalue weighted by atomic mass is 10.1. The molecule has 33 heavy (non-hydrogen) atoms. The van der Waals surface area contributed by atoms with Crippen LogP contribution in [0.1, 0.15) is 35.7 Å². The summed E-state index contributed by atoms with van der Waals surface area (Å²) in [6, 6.07) is 23.1. The Morgan fingerprint density at radius 3 is 2.39 bits per heavy atom. The molecule has 0 saturated heterocycles. The molecule has 170 valence electrons. The van der Waals surface area contributed by atoms with Crippen LogP contribution in [0.5, 0.6) is 11.5 Å². The van der Waals surface area contributed by atoms with E-state index in [0.29, 0.717) is 43.0 Å². The number of para-hydroxylation sites is 1. The number of benzene rings is 3. The fourth-order valence-electron chi connectivity index (χ4n) is 3.06. The van der Waals surface area contributed by atoms with Gasteiger partial charge in [0.15, 0.2) is 0 Å². The highest BCUT2D eigenvalue weighted by Gasteiger charge is 2.09. The molecule has 2 amide bonds. The van der Waals surface area contributed by atoms with Crippen LogP contribution in [0.3, 0.4) is 0 Å². The Hall–Kier alpha value is -4.13. The molecule has 0 atom stereocenters. The van der Waals surface area contributed by atoms with Crippen LogP contribution in [0, 0.1) is 0 Å². The van der Waals surface area contributed by atoms with Gasteiger partial charge in [-0.15, -0.1) is 0 Å². The Morgan fingerprint density at radius 1 is 0.848 bits per heavy atom. The summed E-state index contributed by atoms with van der Waals surface area (Å²) in [5.41, 5.74) is 1.82. The molecule has 7 nitrogen and oxygen atoms in total. The summed E-state index contributed by atoms with van der Waals surface area (Å²) in [6.45, 7) is 2.12. The zero-order valence-corrected chi connectivity index (χ0v) is 18.4. The Bertz CT molecular complexity index is 1100. The number of nitrogens with one attached hydrogen (secondary N) is 2. The number of hydrogen-bond donors (Lipinski definition) is 2. The third-order valence-electron chi connectivity index (χ3n) is 4.59. The fourth-order valence-corrected chi connectivity index (χ4v) is 3.06. The second kappa shape index (κ2) is 12.0. The molecule has 0 saturated carbocycles. The van der Waals surface area contributed by atoms with Crippen molar-refractivity contribution in [2.24, 2.45) is 0 Å². The zero-order valence-electron chi connectivity index (χ0n) is 18.4. The van der Waals surface area contributed by atoms with Crippen molar-refractivity contribution in [1.82, 2.24) is 5.32 Å². The summed E-state index contributed by atoms with van der Waals surface area (Å²) < 4.78 is 10.6. The lowest BCUT2D eigenvalue weighted by Gasteiger charge is -2.10. The van der Waals surface area contributed by atoms with Gasteiger partial charge in [-0.05, 0) is 54.4 Å². The highest BCUT2D eigenvalue weighted by Crippen LogP contribution is 2.17. The van der Waals surface area contributed by atoms with Crippen molar-refractivity contribution in [2.45, 2.75) is 26.3 Å². The first kappa shape index (κ1) is 23.5. The summed E-state index contributed by atoms with van der Waals surface area (Å²) in [6.07, 6.45) is 0.977. The second-order valence-corrected chi connectivity index (χ2v) is 7.32. The largest absolute Gasteiger partial charge is 0.494 e. The first-order chi connectivity index (χ1) is 16.0. The van der Waals surface area contributed by atoms with Gasteiger partial charge in [0.05, 0.1) is 6.61 Å². The van der Waals surface area contributed by atoms with E-state index in [1.54, 1.807) is 36.4 Å². The number of ether oxygens (including phenoxy) is 2. The van der Waals surface area contributed by atoms with Gasteiger partial charge in [0, 0.05) is 31.1 Å². The molecule has 0 aliphatic heterocycles. The molecule has 7 heteroatoms. The van der Waals surface area contributed by atoms with Gasteiger partial charge in [-0.1, -0.05) is 36.4 Å². The average Bonchev–Trinajstić information content (AvgIpc) is 2.81. The Labute approximate surface area is 192 Å². The van der Waals surface area contributed by atoms with E-state index in [-0.39, 0.29) is 11.8 Å². The van der Waals surface area contributed by atoms with E-state index in [0.717, 1.165) is 11.3 Å². The fraction of sp³-hybridized carbons (Fsp3) is 0.192. The van der Waals surface area contributed by atoms with Crippen LogP contribution < -0.4 is 20.1 Å². The van der Waals surface area contributed by atoms with Gasteiger partial charge in [-0.2, -0.15) is 0 Å². The maximum absolute atomic E-state index is 12.5. The molecule has 3 aromatic rings. The minimum atomic E-state index is -0.453. The summed E-state index contributed by atoms with van der Waals surface area (Å²) in [5.74, 6) is 0.244. The molecule has 3 aromatic carbocycles. The molecule has 3 rings (SSSR count). The summed E-state index contributed by atoms with van der Waals surface area (Å²) in [7, 11) is 0. The van der Waals surface area contributed by atoms with Crippen molar-refractivity contribution in [3.8, 4) is 11.5 Å². The molecule has 0 aromatic heterocycles. The lowest BCUT2D eigenvalue weighted by molar-refractivity contribution is -0.131. The molecule has 0 bridgehead atoms. The Morgan fingerprint density at radius 2 is 1.61 bits per heavy atom. The maximum Gasteiger partial charge on any atom is 0.308 e. The van der Waals surface area contributed by atoms with E-state index in [2.05, 4.69) is 10.6 Å². The van der Waals surface area contributed by atoms with Gasteiger partial charge in [0.2, 0.25) is 5.91 Å². The van der Waals surface area contributed by atoms with Gasteiger partial charge in [-0.25, -0.2) is 0 Å². The van der Waals surface area contributed by atoms with Crippen LogP contribution >= 0.6 is 0 Å². The number of hydrogen-bond acceptors (Lipinski definition) is 5. The summed E-state index contributed by atoms with van der Waals surface area (Å²) in [4.78, 5) is 35.8. The van der Waals surface area contributed by atoms with Gasteiger partial charge >= 0.3 is 5.97 Å². The molecule has 0 fully saturated rings. The van der Waals surface area contributed by atoms with E-state index in [1.165, 1.54) is 13.0 Å². The van der Waals surface area contributed by atoms with Crippen molar-refractivity contribution >= 4 is 23.5 Å². The van der Waals surface area contributed by atoms with Crippen LogP contribution in [0.15, 0.2) is 78.9 Å². The second-order valence-electron chi connectivity index (χ2n) is 7.32. The highest BCUT2D eigenvalue weighted by atomic mass is 16.5. The SMILES string of the molecule is CC(=O)Oc1cccc(C(=O)Nc2cccc(CNC(=O)CCCOc3ccccc3)c2)c1. The van der Waals surface area contributed by atoms with Crippen molar-refractivity contribution in [3.05, 3.63) is 90.0 Å². The molecule has 2 N–H and O–H groups in total. The summed E-state index contributed by atoms with van der Waals surface area (Å²) >= 11 is 0. The number of anilines is 1. The quantitative estimate of drug-likeness (QED) is 0.275. The number of rotatable bonds is 10. The molecule has 0 unspecified atom stereocenters. The van der Waals surface area contributed by atoms with E-state index < -0.39 is 5.97 Å². The monoisotopic (exact) mass is 446 g/mol. The third kappa shape index (κ3) is 8.14. The Kier molecular flexibility index (Phi) is 8.59. The predicted octanol–water partition coefficient (Wildman–Crippen LogP) is 4.34. The number of carbonyl (C=O) groups excluding carboxylic acids is 3. The van der Waals surface area contributed by atoms with E-state index in [1.807, 2.05) is 36.4 Å². The smallest absolute Gasteiger partial charge is 0.308 e. The Balaban J connectivity index is 1.45. The molecule has 0 spiro atoms. The third-order valence-corrected chi connectivity index (χ3v) is 4.59. The minimum Gasteiger partial charge on any atom is -0.494 e.